The summed E-state index contributed by atoms with van der Waals surface area (Å²) in [6.45, 7) is 3.01. The molecule has 0 aromatic rings. The Hall–Kier alpha value is -0.370. The van der Waals surface area contributed by atoms with Gasteiger partial charge in [-0.1, -0.05) is 64.7 Å². The average molecular weight is 241 g/mol. The highest BCUT2D eigenvalue weighted by atomic mass is 16.3. The largest absolute Gasteiger partial charge is 0.394 e. The molecule has 0 aliphatic rings. The molecule has 0 spiro atoms. The lowest BCUT2D eigenvalue weighted by atomic mass is 10.1. The van der Waals surface area contributed by atoms with Gasteiger partial charge in [-0.2, -0.15) is 0 Å². The van der Waals surface area contributed by atoms with Crippen molar-refractivity contribution in [3.05, 3.63) is 0 Å². The summed E-state index contributed by atoms with van der Waals surface area (Å²) in [5.41, 5.74) is 0. The van der Waals surface area contributed by atoms with Gasteiger partial charge in [0.1, 0.15) is 0 Å². The van der Waals surface area contributed by atoms with Crippen molar-refractivity contribution in [2.75, 3.05) is 13.2 Å². The third-order valence-corrected chi connectivity index (χ3v) is 3.04. The highest BCUT2D eigenvalue weighted by molar-refractivity contribution is 5.56. The molecule has 0 aliphatic heterocycles. The lowest BCUT2D eigenvalue weighted by Crippen LogP contribution is -1.88. The summed E-state index contributed by atoms with van der Waals surface area (Å²) in [5.74, 6) is 0. The molecule has 17 heavy (non-hydrogen) atoms. The van der Waals surface area contributed by atoms with Gasteiger partial charge in [-0.05, 0) is 19.1 Å². The van der Waals surface area contributed by atoms with Crippen LogP contribution in [0, 0.1) is 0 Å². The van der Waals surface area contributed by atoms with Gasteiger partial charge in [-0.3, -0.25) is 4.99 Å². The summed E-state index contributed by atoms with van der Waals surface area (Å²) in [6.07, 6.45) is 16.9. The predicted octanol–water partition coefficient (Wildman–Crippen LogP) is 4.36. The van der Waals surface area contributed by atoms with Crippen LogP contribution in [0.2, 0.25) is 0 Å². The Morgan fingerprint density at radius 2 is 1.35 bits per heavy atom. The molecule has 0 aliphatic carbocycles. The molecule has 0 bridgehead atoms. The molecular formula is C15H31NO. The van der Waals surface area contributed by atoms with Gasteiger partial charge in [0.05, 0.1) is 13.2 Å². The van der Waals surface area contributed by atoms with Crippen LogP contribution < -0.4 is 0 Å². The molecule has 0 unspecified atom stereocenters. The smallest absolute Gasteiger partial charge is 0.0626 e. The molecule has 0 aromatic heterocycles. The third-order valence-electron chi connectivity index (χ3n) is 3.04. The van der Waals surface area contributed by atoms with Crippen molar-refractivity contribution in [2.24, 2.45) is 4.99 Å². The Balaban J connectivity index is 2.94. The Morgan fingerprint density at radius 3 is 1.88 bits per heavy atom. The second-order valence-electron chi connectivity index (χ2n) is 4.78. The van der Waals surface area contributed by atoms with Crippen LogP contribution in [-0.2, 0) is 0 Å². The first-order valence-corrected chi connectivity index (χ1v) is 7.51. The van der Waals surface area contributed by atoms with Crippen LogP contribution in [0.3, 0.4) is 0 Å². The highest BCUT2D eigenvalue weighted by Gasteiger charge is 1.91. The summed E-state index contributed by atoms with van der Waals surface area (Å²) in [4.78, 5) is 4.09. The predicted molar refractivity (Wildman–Crippen MR) is 76.9 cm³/mol. The van der Waals surface area contributed by atoms with E-state index in [1.807, 2.05) is 6.21 Å². The zero-order valence-corrected chi connectivity index (χ0v) is 11.7. The Kier molecular flexibility index (Phi) is 15.3. The van der Waals surface area contributed by atoms with E-state index in [0.29, 0.717) is 6.54 Å². The second kappa shape index (κ2) is 15.6. The minimum atomic E-state index is 0.175. The third kappa shape index (κ3) is 15.6. The van der Waals surface area contributed by atoms with Crippen molar-refractivity contribution < 1.29 is 5.11 Å². The van der Waals surface area contributed by atoms with Gasteiger partial charge in [0.15, 0.2) is 0 Å². The first kappa shape index (κ1) is 16.6. The van der Waals surface area contributed by atoms with Crippen LogP contribution in [-0.4, -0.2) is 24.5 Å². The summed E-state index contributed by atoms with van der Waals surface area (Å²) >= 11 is 0. The zero-order chi connectivity index (χ0) is 12.6. The van der Waals surface area contributed by atoms with Crippen LogP contribution in [0.1, 0.15) is 77.6 Å². The number of hydrogen-bond acceptors (Lipinski definition) is 2. The highest BCUT2D eigenvalue weighted by Crippen LogP contribution is 2.10. The van der Waals surface area contributed by atoms with E-state index >= 15 is 0 Å². The van der Waals surface area contributed by atoms with E-state index in [0.717, 1.165) is 6.42 Å². The number of nitrogens with zero attached hydrogens (tertiary/aromatic N) is 1. The van der Waals surface area contributed by atoms with Crippen molar-refractivity contribution in [2.45, 2.75) is 77.6 Å². The number of rotatable bonds is 13. The monoisotopic (exact) mass is 241 g/mol. The minimum absolute atomic E-state index is 0.175. The van der Waals surface area contributed by atoms with Gasteiger partial charge in [0, 0.05) is 0 Å². The maximum atomic E-state index is 8.53. The summed E-state index contributed by atoms with van der Waals surface area (Å²) in [6, 6.07) is 0. The summed E-state index contributed by atoms with van der Waals surface area (Å²) in [7, 11) is 0. The number of aliphatic hydroxyl groups is 1. The van der Waals surface area contributed by atoms with E-state index in [1.54, 1.807) is 0 Å². The number of hydrogen-bond donors (Lipinski definition) is 1. The lowest BCUT2D eigenvalue weighted by molar-refractivity contribution is 0.307. The first-order valence-electron chi connectivity index (χ1n) is 7.51. The van der Waals surface area contributed by atoms with E-state index in [1.165, 1.54) is 64.2 Å². The van der Waals surface area contributed by atoms with Crippen molar-refractivity contribution in [1.82, 2.24) is 0 Å². The zero-order valence-electron chi connectivity index (χ0n) is 11.7. The normalized spacial score (nSPS) is 11.4. The molecule has 0 saturated heterocycles. The number of unbranched alkanes of at least 4 members (excludes halogenated alkanes) is 10. The van der Waals surface area contributed by atoms with Gasteiger partial charge >= 0.3 is 0 Å². The Labute approximate surface area is 108 Å². The van der Waals surface area contributed by atoms with Crippen LogP contribution in [0.15, 0.2) is 4.99 Å². The van der Waals surface area contributed by atoms with Gasteiger partial charge in [-0.15, -0.1) is 0 Å². The van der Waals surface area contributed by atoms with Crippen LogP contribution in [0.4, 0.5) is 0 Å². The van der Waals surface area contributed by atoms with Gasteiger partial charge in [0.2, 0.25) is 0 Å². The van der Waals surface area contributed by atoms with E-state index in [4.69, 9.17) is 5.11 Å². The molecule has 0 atom stereocenters. The molecule has 1 N–H and O–H groups in total. The van der Waals surface area contributed by atoms with E-state index < -0.39 is 0 Å². The molecule has 0 radical (unpaired) electrons. The fourth-order valence-electron chi connectivity index (χ4n) is 1.96. The molecule has 0 fully saturated rings. The maximum absolute atomic E-state index is 8.53. The first-order chi connectivity index (χ1) is 8.41. The summed E-state index contributed by atoms with van der Waals surface area (Å²) in [5, 5.41) is 8.53. The van der Waals surface area contributed by atoms with E-state index in [2.05, 4.69) is 11.9 Å². The molecule has 0 heterocycles. The SMILES string of the molecule is CCCCCCCCCCCCC=NCCO. The van der Waals surface area contributed by atoms with Crippen molar-refractivity contribution in [3.8, 4) is 0 Å². The second-order valence-corrected chi connectivity index (χ2v) is 4.78. The van der Waals surface area contributed by atoms with Crippen molar-refractivity contribution in [3.63, 3.8) is 0 Å². The average Bonchev–Trinajstić information content (AvgIpc) is 2.35. The molecule has 0 saturated carbocycles. The quantitative estimate of drug-likeness (QED) is 0.377. The van der Waals surface area contributed by atoms with Crippen LogP contribution >= 0.6 is 0 Å². The Morgan fingerprint density at radius 1 is 0.824 bits per heavy atom. The fraction of sp³-hybridized carbons (Fsp3) is 0.933. The van der Waals surface area contributed by atoms with E-state index in [9.17, 15) is 0 Å². The molecule has 0 amide bonds. The fourth-order valence-corrected chi connectivity index (χ4v) is 1.96. The minimum Gasteiger partial charge on any atom is -0.394 e. The van der Waals surface area contributed by atoms with Crippen molar-refractivity contribution >= 4 is 6.21 Å². The van der Waals surface area contributed by atoms with Crippen LogP contribution in [0.5, 0.6) is 0 Å². The molecule has 0 aromatic carbocycles. The number of aliphatic hydroxyl groups excluding tert-OH is 1. The van der Waals surface area contributed by atoms with Crippen molar-refractivity contribution in [1.29, 1.82) is 0 Å². The van der Waals surface area contributed by atoms with E-state index in [-0.39, 0.29) is 6.61 Å². The van der Waals surface area contributed by atoms with Crippen LogP contribution in [0.25, 0.3) is 0 Å². The van der Waals surface area contributed by atoms with Gasteiger partial charge in [0.25, 0.3) is 0 Å². The molecule has 102 valence electrons. The maximum Gasteiger partial charge on any atom is 0.0626 e. The molecule has 2 nitrogen and oxygen atoms in total. The number of aliphatic imine (C=N–C) groups is 1. The summed E-state index contributed by atoms with van der Waals surface area (Å²) < 4.78 is 0. The van der Waals surface area contributed by atoms with Gasteiger partial charge in [-0.25, -0.2) is 0 Å². The topological polar surface area (TPSA) is 32.6 Å². The van der Waals surface area contributed by atoms with Gasteiger partial charge < -0.3 is 5.11 Å². The standard InChI is InChI=1S/C15H31NO/c1-2-3-4-5-6-7-8-9-10-11-12-13-16-14-15-17/h13,17H,2-12,14-15H2,1H3. The molecular weight excluding hydrogens is 210 g/mol. The molecule has 2 heteroatoms. The lowest BCUT2D eigenvalue weighted by Gasteiger charge is -2.01. The molecule has 0 rings (SSSR count). The Bertz CT molecular complexity index is 157.